The van der Waals surface area contributed by atoms with E-state index in [1.165, 1.54) is 11.1 Å². The fourth-order valence-electron chi connectivity index (χ4n) is 3.29. The van der Waals surface area contributed by atoms with Gasteiger partial charge < -0.3 is 14.8 Å². The first-order valence-corrected chi connectivity index (χ1v) is 10.9. The molecule has 0 heterocycles. The molecule has 0 fully saturated rings. The van der Waals surface area contributed by atoms with Crippen LogP contribution >= 0.6 is 23.2 Å². The molecule has 0 aromatic heterocycles. The molecule has 5 heteroatoms. The lowest BCUT2D eigenvalue weighted by Gasteiger charge is -2.18. The molecular formula is C26H27Cl2NO2. The van der Waals surface area contributed by atoms with Crippen molar-refractivity contribution in [1.29, 1.82) is 0 Å². The molecule has 0 saturated carbocycles. The lowest BCUT2D eigenvalue weighted by molar-refractivity contribution is 0.282. The highest BCUT2D eigenvalue weighted by molar-refractivity contribution is 6.35. The van der Waals surface area contributed by atoms with Crippen LogP contribution in [0.4, 0.5) is 5.69 Å². The standard InChI is InChI=1S/C26H27Cl2NO2/c1-5-6-20-12-19(15-29-23-10-7-17(2)18(3)11-23)13-25(30-4)26(20)31-16-21-8-9-22(27)14-24(21)28/h5,7-14,29H,1,6,15-16H2,2-4H3. The summed E-state index contributed by atoms with van der Waals surface area (Å²) in [7, 11) is 1.65. The first kappa shape index (κ1) is 23.1. The highest BCUT2D eigenvalue weighted by Gasteiger charge is 2.14. The van der Waals surface area contributed by atoms with E-state index in [0.717, 1.165) is 22.4 Å². The minimum Gasteiger partial charge on any atom is -0.493 e. The van der Waals surface area contributed by atoms with Crippen molar-refractivity contribution in [2.45, 2.75) is 33.4 Å². The predicted octanol–water partition coefficient (Wildman–Crippen LogP) is 7.54. The summed E-state index contributed by atoms with van der Waals surface area (Å²) in [5.41, 5.74) is 6.60. The number of ether oxygens (including phenoxy) is 2. The summed E-state index contributed by atoms with van der Waals surface area (Å²) in [5, 5.41) is 4.66. The molecule has 0 aliphatic carbocycles. The second-order valence-electron chi connectivity index (χ2n) is 7.46. The number of aryl methyl sites for hydroxylation is 2. The van der Waals surface area contributed by atoms with Gasteiger partial charge in [-0.25, -0.2) is 0 Å². The average molecular weight is 456 g/mol. The fraction of sp³-hybridized carbons (Fsp3) is 0.231. The summed E-state index contributed by atoms with van der Waals surface area (Å²) in [5.74, 6) is 1.38. The molecule has 0 bridgehead atoms. The maximum atomic E-state index is 6.30. The van der Waals surface area contributed by atoms with E-state index in [1.807, 2.05) is 18.2 Å². The summed E-state index contributed by atoms with van der Waals surface area (Å²) in [6, 6.07) is 15.9. The number of allylic oxidation sites excluding steroid dienone is 1. The number of nitrogens with one attached hydrogen (secondary N) is 1. The van der Waals surface area contributed by atoms with Gasteiger partial charge in [0.25, 0.3) is 0 Å². The number of methoxy groups -OCH3 is 1. The molecule has 0 saturated heterocycles. The number of anilines is 1. The molecular weight excluding hydrogens is 429 g/mol. The van der Waals surface area contributed by atoms with Crippen molar-refractivity contribution < 1.29 is 9.47 Å². The molecule has 31 heavy (non-hydrogen) atoms. The van der Waals surface area contributed by atoms with Crippen molar-refractivity contribution >= 4 is 28.9 Å². The number of hydrogen-bond donors (Lipinski definition) is 1. The number of rotatable bonds is 9. The minimum absolute atomic E-state index is 0.316. The van der Waals surface area contributed by atoms with Gasteiger partial charge in [0.2, 0.25) is 0 Å². The summed E-state index contributed by atoms with van der Waals surface area (Å²) in [6.45, 7) is 9.11. The first-order valence-electron chi connectivity index (χ1n) is 10.1. The van der Waals surface area contributed by atoms with Crippen LogP contribution in [0.5, 0.6) is 11.5 Å². The van der Waals surface area contributed by atoms with Crippen LogP contribution in [0.2, 0.25) is 10.0 Å². The Morgan fingerprint density at radius 2 is 1.77 bits per heavy atom. The van der Waals surface area contributed by atoms with Gasteiger partial charge in [-0.3, -0.25) is 0 Å². The smallest absolute Gasteiger partial charge is 0.165 e. The van der Waals surface area contributed by atoms with Crippen LogP contribution < -0.4 is 14.8 Å². The molecule has 0 radical (unpaired) electrons. The Balaban J connectivity index is 1.82. The molecule has 3 aromatic rings. The summed E-state index contributed by atoms with van der Waals surface area (Å²) >= 11 is 12.3. The van der Waals surface area contributed by atoms with E-state index in [0.29, 0.717) is 41.1 Å². The molecule has 0 atom stereocenters. The van der Waals surface area contributed by atoms with Gasteiger partial charge in [0.05, 0.1) is 7.11 Å². The molecule has 3 aromatic carbocycles. The number of halogens is 2. The summed E-state index contributed by atoms with van der Waals surface area (Å²) < 4.78 is 11.8. The number of benzene rings is 3. The van der Waals surface area contributed by atoms with Gasteiger partial charge in [0.1, 0.15) is 6.61 Å². The Bertz CT molecular complexity index is 1080. The lowest BCUT2D eigenvalue weighted by atomic mass is 10.0. The topological polar surface area (TPSA) is 30.5 Å². The minimum atomic E-state index is 0.316. The van der Waals surface area contributed by atoms with E-state index in [9.17, 15) is 0 Å². The highest BCUT2D eigenvalue weighted by Crippen LogP contribution is 2.35. The normalized spacial score (nSPS) is 10.6. The largest absolute Gasteiger partial charge is 0.493 e. The van der Waals surface area contributed by atoms with Crippen molar-refractivity contribution in [3.05, 3.63) is 99.0 Å². The average Bonchev–Trinajstić information content (AvgIpc) is 2.74. The molecule has 1 N–H and O–H groups in total. The maximum Gasteiger partial charge on any atom is 0.165 e. The van der Waals surface area contributed by atoms with Crippen LogP contribution in [-0.4, -0.2) is 7.11 Å². The Labute approximate surface area is 194 Å². The van der Waals surface area contributed by atoms with Crippen molar-refractivity contribution in [2.75, 3.05) is 12.4 Å². The third-order valence-electron chi connectivity index (χ3n) is 5.17. The quantitative estimate of drug-likeness (QED) is 0.338. The molecule has 0 amide bonds. The maximum absolute atomic E-state index is 6.30. The van der Waals surface area contributed by atoms with E-state index >= 15 is 0 Å². The molecule has 0 aliphatic heterocycles. The highest BCUT2D eigenvalue weighted by atomic mass is 35.5. The van der Waals surface area contributed by atoms with Crippen LogP contribution in [0, 0.1) is 13.8 Å². The summed E-state index contributed by atoms with van der Waals surface area (Å²) in [4.78, 5) is 0. The van der Waals surface area contributed by atoms with Crippen molar-refractivity contribution in [2.24, 2.45) is 0 Å². The van der Waals surface area contributed by atoms with E-state index in [4.69, 9.17) is 32.7 Å². The van der Waals surface area contributed by atoms with E-state index in [-0.39, 0.29) is 0 Å². The van der Waals surface area contributed by atoms with Gasteiger partial charge >= 0.3 is 0 Å². The van der Waals surface area contributed by atoms with Gasteiger partial charge in [-0.2, -0.15) is 0 Å². The van der Waals surface area contributed by atoms with Crippen LogP contribution in [0.15, 0.2) is 61.2 Å². The van der Waals surface area contributed by atoms with Gasteiger partial charge in [-0.1, -0.05) is 41.4 Å². The molecule has 0 spiro atoms. The Hall–Kier alpha value is -2.62. The van der Waals surface area contributed by atoms with E-state index < -0.39 is 0 Å². The van der Waals surface area contributed by atoms with Crippen molar-refractivity contribution in [1.82, 2.24) is 0 Å². The third kappa shape index (κ3) is 5.96. The van der Waals surface area contributed by atoms with E-state index in [2.05, 4.69) is 50.0 Å². The van der Waals surface area contributed by atoms with Gasteiger partial charge in [-0.05, 0) is 73.4 Å². The Morgan fingerprint density at radius 1 is 0.968 bits per heavy atom. The van der Waals surface area contributed by atoms with Crippen LogP contribution in [0.1, 0.15) is 27.8 Å². The molecule has 0 unspecified atom stereocenters. The summed E-state index contributed by atoms with van der Waals surface area (Å²) in [6.07, 6.45) is 2.52. The second kappa shape index (κ2) is 10.6. The van der Waals surface area contributed by atoms with Gasteiger partial charge in [0.15, 0.2) is 11.5 Å². The fourth-order valence-corrected chi connectivity index (χ4v) is 3.76. The van der Waals surface area contributed by atoms with Crippen LogP contribution in [-0.2, 0) is 19.6 Å². The Kier molecular flexibility index (Phi) is 7.89. The third-order valence-corrected chi connectivity index (χ3v) is 5.75. The van der Waals surface area contributed by atoms with Gasteiger partial charge in [-0.15, -0.1) is 6.58 Å². The lowest BCUT2D eigenvalue weighted by Crippen LogP contribution is -2.05. The molecule has 3 nitrogen and oxygen atoms in total. The monoisotopic (exact) mass is 455 g/mol. The van der Waals surface area contributed by atoms with Gasteiger partial charge in [0, 0.05) is 33.4 Å². The number of hydrogen-bond acceptors (Lipinski definition) is 3. The molecule has 0 aliphatic rings. The zero-order valence-corrected chi connectivity index (χ0v) is 19.6. The van der Waals surface area contributed by atoms with E-state index in [1.54, 1.807) is 19.2 Å². The SMILES string of the molecule is C=CCc1cc(CNc2ccc(C)c(C)c2)cc(OC)c1OCc1ccc(Cl)cc1Cl. The zero-order valence-electron chi connectivity index (χ0n) is 18.1. The van der Waals surface area contributed by atoms with Crippen molar-refractivity contribution in [3.8, 4) is 11.5 Å². The predicted molar refractivity (Wildman–Crippen MR) is 131 cm³/mol. The van der Waals surface area contributed by atoms with Crippen molar-refractivity contribution in [3.63, 3.8) is 0 Å². The Morgan fingerprint density at radius 3 is 2.45 bits per heavy atom. The van der Waals surface area contributed by atoms with Crippen LogP contribution in [0.3, 0.4) is 0 Å². The first-order chi connectivity index (χ1) is 14.9. The molecule has 162 valence electrons. The second-order valence-corrected chi connectivity index (χ2v) is 8.30. The molecule has 3 rings (SSSR count). The van der Waals surface area contributed by atoms with Crippen LogP contribution in [0.25, 0.3) is 0 Å². The zero-order chi connectivity index (χ0) is 22.4.